The average Bonchev–Trinajstić information content (AvgIpc) is 2.34. The number of hydrogen-bond acceptors (Lipinski definition) is 4. The molecular weight excluding hydrogens is 206 g/mol. The Hall–Kier alpha value is -1.39. The Morgan fingerprint density at radius 1 is 1.38 bits per heavy atom. The van der Waals surface area contributed by atoms with E-state index in [1.165, 1.54) is 0 Å². The number of hydroxylamine groups is 1. The molecule has 0 amide bonds. The number of rotatable bonds is 4. The molecule has 0 saturated heterocycles. The molecule has 0 spiro atoms. The zero-order valence-electron chi connectivity index (χ0n) is 9.93. The molecule has 4 heteroatoms. The van der Waals surface area contributed by atoms with Gasteiger partial charge in [0.05, 0.1) is 6.61 Å². The van der Waals surface area contributed by atoms with Crippen molar-refractivity contribution in [3.8, 4) is 0 Å². The lowest BCUT2D eigenvalue weighted by Gasteiger charge is -2.13. The van der Waals surface area contributed by atoms with Crippen LogP contribution in [0, 0.1) is 0 Å². The molecule has 0 aromatic heterocycles. The van der Waals surface area contributed by atoms with Crippen molar-refractivity contribution in [1.82, 2.24) is 5.48 Å². The second-order valence-electron chi connectivity index (χ2n) is 2.72. The maximum absolute atomic E-state index is 11.3. The molecule has 0 aliphatic rings. The van der Waals surface area contributed by atoms with Crippen LogP contribution < -0.4 is 5.48 Å². The fourth-order valence-electron chi connectivity index (χ4n) is 1.13. The van der Waals surface area contributed by atoms with Crippen LogP contribution in [0.25, 0.3) is 0 Å². The predicted molar refractivity (Wildman–Crippen MR) is 62.1 cm³/mol. The summed E-state index contributed by atoms with van der Waals surface area (Å²) in [6, 6.07) is 8.09. The van der Waals surface area contributed by atoms with Crippen LogP contribution in [0.15, 0.2) is 30.3 Å². The first kappa shape index (κ1) is 14.6. The number of benzene rings is 1. The molecular formula is C12H19NO3. The van der Waals surface area contributed by atoms with E-state index in [0.717, 1.165) is 0 Å². The zero-order valence-corrected chi connectivity index (χ0v) is 9.93. The van der Waals surface area contributed by atoms with Gasteiger partial charge in [-0.05, 0) is 12.5 Å². The lowest BCUT2D eigenvalue weighted by molar-refractivity contribution is -0.148. The van der Waals surface area contributed by atoms with E-state index in [4.69, 9.17) is 9.94 Å². The molecule has 0 saturated carbocycles. The zero-order chi connectivity index (χ0) is 12.4. The van der Waals surface area contributed by atoms with Crippen LogP contribution in [0.5, 0.6) is 0 Å². The number of carbonyl (C=O) groups excluding carboxylic acids is 1. The topological polar surface area (TPSA) is 58.6 Å². The van der Waals surface area contributed by atoms with Gasteiger partial charge in [0.1, 0.15) is 0 Å². The number of nitrogens with one attached hydrogen (secondary N) is 1. The summed E-state index contributed by atoms with van der Waals surface area (Å²) in [5.41, 5.74) is 2.60. The van der Waals surface area contributed by atoms with E-state index in [0.29, 0.717) is 12.2 Å². The van der Waals surface area contributed by atoms with Gasteiger partial charge in [0, 0.05) is 0 Å². The standard InChI is InChI=1S/C10H13NO3.C2H6/c1-2-14-10(12)9(11-13)8-6-4-3-5-7-8;1-2/h3-7,9,11,13H,2H2,1H3;1-2H3. The molecule has 1 rings (SSSR count). The van der Waals surface area contributed by atoms with Gasteiger partial charge in [0.2, 0.25) is 0 Å². The highest BCUT2D eigenvalue weighted by Crippen LogP contribution is 2.13. The van der Waals surface area contributed by atoms with Crippen molar-refractivity contribution < 1.29 is 14.7 Å². The third kappa shape index (κ3) is 4.42. The normalized spacial score (nSPS) is 11.0. The minimum absolute atomic E-state index is 0.295. The van der Waals surface area contributed by atoms with Gasteiger partial charge in [-0.15, -0.1) is 0 Å². The molecule has 4 nitrogen and oxygen atoms in total. The molecule has 90 valence electrons. The summed E-state index contributed by atoms with van der Waals surface area (Å²) in [7, 11) is 0. The Kier molecular flexibility index (Phi) is 8.11. The van der Waals surface area contributed by atoms with E-state index in [-0.39, 0.29) is 0 Å². The Morgan fingerprint density at radius 2 is 1.94 bits per heavy atom. The number of hydrogen-bond donors (Lipinski definition) is 2. The highest BCUT2D eigenvalue weighted by molar-refractivity contribution is 5.77. The number of ether oxygens (including phenoxy) is 1. The van der Waals surface area contributed by atoms with E-state index in [9.17, 15) is 4.79 Å². The second kappa shape index (κ2) is 8.88. The van der Waals surface area contributed by atoms with Crippen LogP contribution in [0.1, 0.15) is 32.4 Å². The largest absolute Gasteiger partial charge is 0.465 e. The Bertz CT molecular complexity index is 288. The van der Waals surface area contributed by atoms with Crippen molar-refractivity contribution in [3.05, 3.63) is 35.9 Å². The molecule has 0 radical (unpaired) electrons. The van der Waals surface area contributed by atoms with Crippen LogP contribution in [-0.2, 0) is 9.53 Å². The quantitative estimate of drug-likeness (QED) is 0.609. The summed E-state index contributed by atoms with van der Waals surface area (Å²) >= 11 is 0. The van der Waals surface area contributed by atoms with Crippen molar-refractivity contribution in [2.75, 3.05) is 6.61 Å². The molecule has 0 aliphatic carbocycles. The monoisotopic (exact) mass is 225 g/mol. The molecule has 16 heavy (non-hydrogen) atoms. The number of carbonyl (C=O) groups is 1. The SMILES string of the molecule is CC.CCOC(=O)C(NO)c1ccccc1. The fourth-order valence-corrected chi connectivity index (χ4v) is 1.13. The van der Waals surface area contributed by atoms with Gasteiger partial charge < -0.3 is 9.94 Å². The van der Waals surface area contributed by atoms with Gasteiger partial charge >= 0.3 is 5.97 Å². The van der Waals surface area contributed by atoms with Gasteiger partial charge in [-0.3, -0.25) is 0 Å². The van der Waals surface area contributed by atoms with Crippen molar-refractivity contribution in [3.63, 3.8) is 0 Å². The minimum Gasteiger partial charge on any atom is -0.465 e. The molecule has 0 fully saturated rings. The molecule has 0 heterocycles. The first-order chi connectivity index (χ1) is 7.79. The van der Waals surface area contributed by atoms with E-state index < -0.39 is 12.0 Å². The summed E-state index contributed by atoms with van der Waals surface area (Å²) in [6.45, 7) is 6.02. The molecule has 0 aliphatic heterocycles. The van der Waals surface area contributed by atoms with E-state index >= 15 is 0 Å². The van der Waals surface area contributed by atoms with Crippen LogP contribution in [0.4, 0.5) is 0 Å². The second-order valence-corrected chi connectivity index (χ2v) is 2.72. The first-order valence-corrected chi connectivity index (χ1v) is 5.40. The third-order valence-corrected chi connectivity index (χ3v) is 1.78. The lowest BCUT2D eigenvalue weighted by atomic mass is 10.1. The first-order valence-electron chi connectivity index (χ1n) is 5.40. The summed E-state index contributed by atoms with van der Waals surface area (Å²) < 4.78 is 4.79. The van der Waals surface area contributed by atoms with Gasteiger partial charge in [-0.1, -0.05) is 44.2 Å². The molecule has 0 bridgehead atoms. The van der Waals surface area contributed by atoms with Gasteiger partial charge in [-0.25, -0.2) is 4.79 Å². The van der Waals surface area contributed by atoms with Crippen LogP contribution in [0.3, 0.4) is 0 Å². The van der Waals surface area contributed by atoms with Crippen molar-refractivity contribution in [2.24, 2.45) is 0 Å². The molecule has 1 atom stereocenters. The molecule has 1 unspecified atom stereocenters. The Balaban J connectivity index is 0.00000106. The van der Waals surface area contributed by atoms with Crippen molar-refractivity contribution in [1.29, 1.82) is 0 Å². The molecule has 1 aromatic rings. The maximum atomic E-state index is 11.3. The van der Waals surface area contributed by atoms with Crippen molar-refractivity contribution in [2.45, 2.75) is 26.8 Å². The molecule has 2 N–H and O–H groups in total. The summed E-state index contributed by atoms with van der Waals surface area (Å²) in [6.07, 6.45) is 0. The summed E-state index contributed by atoms with van der Waals surface area (Å²) in [5, 5.41) is 8.83. The van der Waals surface area contributed by atoms with Crippen LogP contribution in [-0.4, -0.2) is 17.8 Å². The van der Waals surface area contributed by atoms with Gasteiger partial charge in [0.15, 0.2) is 6.04 Å². The highest BCUT2D eigenvalue weighted by Gasteiger charge is 2.20. The highest BCUT2D eigenvalue weighted by atomic mass is 16.5. The Morgan fingerprint density at radius 3 is 2.38 bits per heavy atom. The minimum atomic E-state index is -0.809. The lowest BCUT2D eigenvalue weighted by Crippen LogP contribution is -2.27. The third-order valence-electron chi connectivity index (χ3n) is 1.78. The van der Waals surface area contributed by atoms with Crippen molar-refractivity contribution >= 4 is 5.97 Å². The van der Waals surface area contributed by atoms with Crippen LogP contribution >= 0.6 is 0 Å². The molecule has 1 aromatic carbocycles. The van der Waals surface area contributed by atoms with Gasteiger partial charge in [0.25, 0.3) is 0 Å². The fraction of sp³-hybridized carbons (Fsp3) is 0.417. The maximum Gasteiger partial charge on any atom is 0.330 e. The number of esters is 1. The Labute approximate surface area is 96.2 Å². The summed E-state index contributed by atoms with van der Waals surface area (Å²) in [4.78, 5) is 11.3. The smallest absolute Gasteiger partial charge is 0.330 e. The van der Waals surface area contributed by atoms with Gasteiger partial charge in [-0.2, -0.15) is 5.48 Å². The predicted octanol–water partition coefficient (Wildman–Crippen LogP) is 2.30. The van der Waals surface area contributed by atoms with E-state index in [1.807, 2.05) is 25.4 Å². The average molecular weight is 225 g/mol. The van der Waals surface area contributed by atoms with E-state index in [1.54, 1.807) is 31.2 Å². The summed E-state index contributed by atoms with van der Waals surface area (Å²) in [5.74, 6) is -0.485. The van der Waals surface area contributed by atoms with Crippen LogP contribution in [0.2, 0.25) is 0 Å². The van der Waals surface area contributed by atoms with E-state index in [2.05, 4.69) is 0 Å².